The second-order valence-corrected chi connectivity index (χ2v) is 7.62. The van der Waals surface area contributed by atoms with Gasteiger partial charge in [-0.2, -0.15) is 0 Å². The lowest BCUT2D eigenvalue weighted by molar-refractivity contribution is -0.860. The number of hydrogen-bond donors (Lipinski definition) is 2. The van der Waals surface area contributed by atoms with Gasteiger partial charge in [0.2, 0.25) is 0 Å². The molecule has 0 radical (unpaired) electrons. The lowest BCUT2D eigenvalue weighted by Gasteiger charge is -2.18. The van der Waals surface area contributed by atoms with Crippen LogP contribution in [0.15, 0.2) is 24.3 Å². The van der Waals surface area contributed by atoms with Crippen LogP contribution in [0.25, 0.3) is 0 Å². The molecule has 0 spiro atoms. The Balaban J connectivity index is 2.40. The van der Waals surface area contributed by atoms with Crippen LogP contribution in [0.3, 0.4) is 0 Å². The van der Waals surface area contributed by atoms with Gasteiger partial charge in [0.1, 0.15) is 0 Å². The summed E-state index contributed by atoms with van der Waals surface area (Å²) in [4.78, 5) is 1.55. The van der Waals surface area contributed by atoms with Gasteiger partial charge in [-0.25, -0.2) is 0 Å². The highest BCUT2D eigenvalue weighted by Crippen LogP contribution is 2.27. The zero-order valence-electron chi connectivity index (χ0n) is 14.9. The highest BCUT2D eigenvalue weighted by molar-refractivity contribution is 6.30. The molecule has 0 aliphatic rings. The second kappa shape index (κ2) is 11.0. The molecule has 0 saturated carbocycles. The van der Waals surface area contributed by atoms with Gasteiger partial charge < -0.3 is 10.2 Å². The second-order valence-electron chi connectivity index (χ2n) is 7.19. The summed E-state index contributed by atoms with van der Waals surface area (Å²) in [6.45, 7) is 8.38. The number of nitrogens with two attached hydrogens (primary N) is 1. The van der Waals surface area contributed by atoms with E-state index in [1.807, 2.05) is 12.1 Å². The smallest absolute Gasteiger partial charge is 0.0821 e. The Bertz CT molecular complexity index is 387. The molecular formula is C19H35ClN2+2. The Hall–Kier alpha value is -0.570. The molecule has 0 aliphatic heterocycles. The third-order valence-corrected chi connectivity index (χ3v) is 4.49. The Morgan fingerprint density at radius 1 is 1.00 bits per heavy atom. The number of benzene rings is 1. The van der Waals surface area contributed by atoms with Crippen LogP contribution in [0.5, 0.6) is 0 Å². The molecule has 1 atom stereocenters. The minimum Gasteiger partial charge on any atom is -0.346 e. The summed E-state index contributed by atoms with van der Waals surface area (Å²) >= 11 is 6.02. The molecule has 1 rings (SSSR count). The van der Waals surface area contributed by atoms with E-state index >= 15 is 0 Å². The van der Waals surface area contributed by atoms with E-state index < -0.39 is 0 Å². The SMILES string of the molecule is CC(C)CC[C@H](CC[NH2+]CCC[NH+](C)C)c1ccc(Cl)cc1. The van der Waals surface area contributed by atoms with E-state index in [4.69, 9.17) is 11.6 Å². The van der Waals surface area contributed by atoms with Crippen molar-refractivity contribution in [3.63, 3.8) is 0 Å². The number of rotatable bonds is 11. The van der Waals surface area contributed by atoms with Gasteiger partial charge in [0.25, 0.3) is 0 Å². The number of hydrogen-bond acceptors (Lipinski definition) is 0. The first-order valence-electron chi connectivity index (χ1n) is 8.85. The molecule has 0 bridgehead atoms. The van der Waals surface area contributed by atoms with Crippen LogP contribution in [0.4, 0.5) is 0 Å². The predicted octanol–water partition coefficient (Wildman–Crippen LogP) is 2.35. The number of quaternary nitrogens is 2. The Morgan fingerprint density at radius 2 is 1.68 bits per heavy atom. The van der Waals surface area contributed by atoms with E-state index in [-0.39, 0.29) is 0 Å². The zero-order valence-corrected chi connectivity index (χ0v) is 15.6. The summed E-state index contributed by atoms with van der Waals surface area (Å²) in [7, 11) is 4.45. The van der Waals surface area contributed by atoms with Gasteiger partial charge in [-0.05, 0) is 36.0 Å². The van der Waals surface area contributed by atoms with Crippen LogP contribution in [-0.4, -0.2) is 33.7 Å². The van der Waals surface area contributed by atoms with E-state index in [1.165, 1.54) is 50.9 Å². The van der Waals surface area contributed by atoms with E-state index in [2.05, 4.69) is 45.4 Å². The van der Waals surface area contributed by atoms with Crippen molar-refractivity contribution < 1.29 is 10.2 Å². The first-order valence-corrected chi connectivity index (χ1v) is 9.23. The average Bonchev–Trinajstić information content (AvgIpc) is 2.46. The van der Waals surface area contributed by atoms with Crippen LogP contribution in [0.2, 0.25) is 5.02 Å². The molecule has 0 saturated heterocycles. The molecule has 2 nitrogen and oxygen atoms in total. The fourth-order valence-electron chi connectivity index (χ4n) is 2.81. The van der Waals surface area contributed by atoms with Crippen molar-refractivity contribution in [1.29, 1.82) is 0 Å². The first-order chi connectivity index (χ1) is 10.5. The zero-order chi connectivity index (χ0) is 16.4. The Kier molecular flexibility index (Phi) is 9.77. The maximum absolute atomic E-state index is 6.02. The van der Waals surface area contributed by atoms with Crippen molar-refractivity contribution >= 4 is 11.6 Å². The summed E-state index contributed by atoms with van der Waals surface area (Å²) in [5.41, 5.74) is 1.45. The third kappa shape index (κ3) is 8.77. The van der Waals surface area contributed by atoms with E-state index in [0.29, 0.717) is 5.92 Å². The standard InChI is InChI=1S/C19H33ClN2/c1-16(2)6-7-18(17-8-10-19(20)11-9-17)12-14-21-13-5-15-22(3)4/h8-11,16,18,21H,5-7,12-15H2,1-4H3/p+2/t18-/m1/s1. The Morgan fingerprint density at radius 3 is 2.27 bits per heavy atom. The summed E-state index contributed by atoms with van der Waals surface area (Å²) in [5, 5.41) is 3.32. The van der Waals surface area contributed by atoms with Crippen LogP contribution < -0.4 is 10.2 Å². The normalized spacial score (nSPS) is 13.0. The van der Waals surface area contributed by atoms with Gasteiger partial charge in [-0.15, -0.1) is 0 Å². The quantitative estimate of drug-likeness (QED) is 0.583. The molecule has 3 heteroatoms. The van der Waals surface area contributed by atoms with Gasteiger partial charge in [0.15, 0.2) is 0 Å². The van der Waals surface area contributed by atoms with Crippen molar-refractivity contribution in [2.24, 2.45) is 5.92 Å². The van der Waals surface area contributed by atoms with Crippen molar-refractivity contribution in [3.8, 4) is 0 Å². The van der Waals surface area contributed by atoms with Gasteiger partial charge in [0, 0.05) is 17.9 Å². The molecule has 126 valence electrons. The summed E-state index contributed by atoms with van der Waals surface area (Å²) in [6.07, 6.45) is 5.16. The monoisotopic (exact) mass is 326 g/mol. The molecule has 0 amide bonds. The van der Waals surface area contributed by atoms with Gasteiger partial charge >= 0.3 is 0 Å². The fraction of sp³-hybridized carbons (Fsp3) is 0.684. The molecule has 0 fully saturated rings. The minimum absolute atomic E-state index is 0.676. The van der Waals surface area contributed by atoms with Crippen molar-refractivity contribution in [2.75, 3.05) is 33.7 Å². The lowest BCUT2D eigenvalue weighted by atomic mass is 9.89. The maximum Gasteiger partial charge on any atom is 0.0821 e. The van der Waals surface area contributed by atoms with E-state index in [0.717, 1.165) is 10.9 Å². The molecule has 0 aliphatic carbocycles. The summed E-state index contributed by atoms with van der Waals surface area (Å²) in [5.74, 6) is 1.46. The van der Waals surface area contributed by atoms with Crippen molar-refractivity contribution in [1.82, 2.24) is 0 Å². The average molecular weight is 327 g/mol. The number of nitrogens with one attached hydrogen (secondary N) is 1. The highest BCUT2D eigenvalue weighted by Gasteiger charge is 2.13. The van der Waals surface area contributed by atoms with Crippen LogP contribution in [0.1, 0.15) is 51.0 Å². The molecule has 3 N–H and O–H groups in total. The number of halogens is 1. The van der Waals surface area contributed by atoms with Gasteiger partial charge in [-0.1, -0.05) is 44.0 Å². The van der Waals surface area contributed by atoms with Crippen LogP contribution in [0, 0.1) is 5.92 Å². The van der Waals surface area contributed by atoms with Gasteiger partial charge in [-0.3, -0.25) is 0 Å². The molecule has 1 aromatic rings. The predicted molar refractivity (Wildman–Crippen MR) is 96.8 cm³/mol. The summed E-state index contributed by atoms with van der Waals surface area (Å²) in [6, 6.07) is 8.48. The van der Waals surface area contributed by atoms with Crippen LogP contribution >= 0.6 is 11.6 Å². The molecular weight excluding hydrogens is 292 g/mol. The Labute approximate surface area is 142 Å². The van der Waals surface area contributed by atoms with E-state index in [9.17, 15) is 0 Å². The first kappa shape index (κ1) is 19.5. The van der Waals surface area contributed by atoms with Gasteiger partial charge in [0.05, 0.1) is 33.7 Å². The molecule has 0 aromatic heterocycles. The van der Waals surface area contributed by atoms with E-state index in [1.54, 1.807) is 4.90 Å². The third-order valence-electron chi connectivity index (χ3n) is 4.24. The summed E-state index contributed by atoms with van der Waals surface area (Å²) < 4.78 is 0. The van der Waals surface area contributed by atoms with Crippen molar-refractivity contribution in [3.05, 3.63) is 34.9 Å². The highest BCUT2D eigenvalue weighted by atomic mass is 35.5. The lowest BCUT2D eigenvalue weighted by Crippen LogP contribution is -3.06. The largest absolute Gasteiger partial charge is 0.346 e. The van der Waals surface area contributed by atoms with Crippen LogP contribution in [-0.2, 0) is 0 Å². The van der Waals surface area contributed by atoms with Crippen molar-refractivity contribution in [2.45, 2.75) is 45.4 Å². The molecule has 1 aromatic carbocycles. The maximum atomic E-state index is 6.02. The molecule has 0 unspecified atom stereocenters. The molecule has 22 heavy (non-hydrogen) atoms. The minimum atomic E-state index is 0.676. The fourth-order valence-corrected chi connectivity index (χ4v) is 2.94. The topological polar surface area (TPSA) is 21.1 Å². The molecule has 0 heterocycles.